The first kappa shape index (κ1) is 10.8. The van der Waals surface area contributed by atoms with Gasteiger partial charge >= 0.3 is 0 Å². The minimum absolute atomic E-state index is 0.748. The molecule has 2 aromatic carbocycles. The standard InChI is InChI=1S/C16H11ClN2/c1-19-15-5-3-2-4-10(15)8-13-12-9-11(17)6-7-14(12)18-16(13)19/h2-9H,1H3. The number of aromatic nitrogens is 2. The molecular weight excluding hydrogens is 256 g/mol. The number of hydrogen-bond donors (Lipinski definition) is 0. The van der Waals surface area contributed by atoms with Gasteiger partial charge in [-0.2, -0.15) is 0 Å². The van der Waals surface area contributed by atoms with Gasteiger partial charge in [-0.3, -0.25) is 0 Å². The van der Waals surface area contributed by atoms with E-state index in [4.69, 9.17) is 16.6 Å². The average molecular weight is 267 g/mol. The van der Waals surface area contributed by atoms with Gasteiger partial charge in [-0.15, -0.1) is 0 Å². The Labute approximate surface area is 115 Å². The molecule has 0 bridgehead atoms. The molecule has 0 radical (unpaired) electrons. The lowest BCUT2D eigenvalue weighted by atomic mass is 10.1. The second-order valence-corrected chi connectivity index (χ2v) is 5.21. The predicted molar refractivity (Wildman–Crippen MR) is 79.9 cm³/mol. The molecule has 2 heterocycles. The SMILES string of the molecule is Cn1c2nc3ccc(Cl)cc3c-2cc2ccccc21. The van der Waals surface area contributed by atoms with Crippen LogP contribution in [0.5, 0.6) is 0 Å². The van der Waals surface area contributed by atoms with Gasteiger partial charge in [0.1, 0.15) is 5.82 Å². The lowest BCUT2D eigenvalue weighted by molar-refractivity contribution is 0.939. The second kappa shape index (κ2) is 3.72. The van der Waals surface area contributed by atoms with Crippen LogP contribution in [0.1, 0.15) is 0 Å². The van der Waals surface area contributed by atoms with Crippen LogP contribution in [0.3, 0.4) is 0 Å². The Kier molecular flexibility index (Phi) is 2.12. The topological polar surface area (TPSA) is 17.8 Å². The maximum atomic E-state index is 6.10. The van der Waals surface area contributed by atoms with E-state index in [2.05, 4.69) is 35.9 Å². The van der Waals surface area contributed by atoms with Crippen LogP contribution in [0.2, 0.25) is 5.02 Å². The van der Waals surface area contributed by atoms with Crippen molar-refractivity contribution < 1.29 is 0 Å². The number of halogens is 1. The lowest BCUT2D eigenvalue weighted by Crippen LogP contribution is -1.98. The molecule has 3 heteroatoms. The molecule has 2 aromatic rings. The molecule has 2 aliphatic rings. The first-order valence-electron chi connectivity index (χ1n) is 6.17. The largest absolute Gasteiger partial charge is 0.328 e. The molecule has 2 aliphatic heterocycles. The van der Waals surface area contributed by atoms with Crippen LogP contribution < -0.4 is 0 Å². The molecule has 0 atom stereocenters. The molecule has 19 heavy (non-hydrogen) atoms. The van der Waals surface area contributed by atoms with Crippen molar-refractivity contribution in [2.24, 2.45) is 7.05 Å². The van der Waals surface area contributed by atoms with Gasteiger partial charge in [-0.05, 0) is 35.7 Å². The van der Waals surface area contributed by atoms with E-state index >= 15 is 0 Å². The molecule has 0 saturated heterocycles. The Morgan fingerprint density at radius 1 is 1.05 bits per heavy atom. The molecule has 2 nitrogen and oxygen atoms in total. The van der Waals surface area contributed by atoms with E-state index in [1.165, 1.54) is 10.9 Å². The van der Waals surface area contributed by atoms with Crippen LogP contribution in [0.25, 0.3) is 33.2 Å². The van der Waals surface area contributed by atoms with E-state index in [-0.39, 0.29) is 0 Å². The third-order valence-corrected chi connectivity index (χ3v) is 3.87. The number of hydrogen-bond acceptors (Lipinski definition) is 1. The summed E-state index contributed by atoms with van der Waals surface area (Å²) >= 11 is 6.10. The number of para-hydroxylation sites is 1. The van der Waals surface area contributed by atoms with E-state index in [1.54, 1.807) is 0 Å². The summed E-state index contributed by atoms with van der Waals surface area (Å²) in [5, 5.41) is 3.08. The zero-order chi connectivity index (χ0) is 13.0. The number of pyridine rings is 1. The fourth-order valence-electron chi connectivity index (χ4n) is 2.70. The highest BCUT2D eigenvalue weighted by atomic mass is 35.5. The Morgan fingerprint density at radius 3 is 2.79 bits per heavy atom. The highest BCUT2D eigenvalue weighted by molar-refractivity contribution is 6.31. The van der Waals surface area contributed by atoms with Crippen LogP contribution >= 0.6 is 11.6 Å². The van der Waals surface area contributed by atoms with Crippen molar-refractivity contribution in [3.8, 4) is 11.4 Å². The number of rotatable bonds is 0. The third kappa shape index (κ3) is 1.47. The number of fused-ring (bicyclic) bond motifs is 4. The predicted octanol–water partition coefficient (Wildman–Crippen LogP) is 4.48. The molecule has 0 aromatic heterocycles. The van der Waals surface area contributed by atoms with Gasteiger partial charge in [0.05, 0.1) is 5.52 Å². The summed E-state index contributed by atoms with van der Waals surface area (Å²) in [6.07, 6.45) is 0. The van der Waals surface area contributed by atoms with Crippen molar-refractivity contribution in [1.82, 2.24) is 9.55 Å². The summed E-state index contributed by atoms with van der Waals surface area (Å²) < 4.78 is 2.14. The van der Waals surface area contributed by atoms with Gasteiger partial charge in [0.2, 0.25) is 0 Å². The monoisotopic (exact) mass is 266 g/mol. The highest BCUT2D eigenvalue weighted by Crippen LogP contribution is 2.35. The molecule has 0 unspecified atom stereocenters. The molecule has 0 saturated carbocycles. The van der Waals surface area contributed by atoms with Gasteiger partial charge in [-0.25, -0.2) is 4.98 Å². The van der Waals surface area contributed by atoms with Crippen LogP contribution in [0, 0.1) is 0 Å². The van der Waals surface area contributed by atoms with E-state index in [0.29, 0.717) is 0 Å². The van der Waals surface area contributed by atoms with E-state index in [1.807, 2.05) is 24.3 Å². The van der Waals surface area contributed by atoms with Crippen LogP contribution in [0.4, 0.5) is 0 Å². The molecule has 0 amide bonds. The second-order valence-electron chi connectivity index (χ2n) is 4.77. The van der Waals surface area contributed by atoms with E-state index in [0.717, 1.165) is 27.3 Å². The van der Waals surface area contributed by atoms with Crippen molar-refractivity contribution in [2.45, 2.75) is 0 Å². The average Bonchev–Trinajstić information content (AvgIpc) is 2.78. The molecule has 0 N–H and O–H groups in total. The van der Waals surface area contributed by atoms with Crippen molar-refractivity contribution in [3.05, 3.63) is 53.6 Å². The quantitative estimate of drug-likeness (QED) is 0.459. The summed E-state index contributed by atoms with van der Waals surface area (Å²) in [6.45, 7) is 0. The minimum Gasteiger partial charge on any atom is -0.328 e. The maximum Gasteiger partial charge on any atom is 0.141 e. The summed E-state index contributed by atoms with van der Waals surface area (Å²) in [4.78, 5) is 4.71. The number of nitrogens with zero attached hydrogens (tertiary/aromatic N) is 2. The van der Waals surface area contributed by atoms with Crippen LogP contribution in [-0.4, -0.2) is 9.55 Å². The van der Waals surface area contributed by atoms with E-state index < -0.39 is 0 Å². The Hall–Kier alpha value is -2.06. The molecule has 0 spiro atoms. The summed E-state index contributed by atoms with van der Waals surface area (Å²) in [7, 11) is 2.05. The fourth-order valence-corrected chi connectivity index (χ4v) is 2.87. The van der Waals surface area contributed by atoms with Gasteiger partial charge < -0.3 is 4.57 Å². The van der Waals surface area contributed by atoms with Gasteiger partial charge in [-0.1, -0.05) is 29.8 Å². The van der Waals surface area contributed by atoms with Crippen LogP contribution in [-0.2, 0) is 7.05 Å². The van der Waals surface area contributed by atoms with Crippen molar-refractivity contribution in [1.29, 1.82) is 0 Å². The Morgan fingerprint density at radius 2 is 1.89 bits per heavy atom. The Balaban J connectivity index is 2.26. The molecule has 92 valence electrons. The smallest absolute Gasteiger partial charge is 0.141 e. The number of aryl methyl sites for hydroxylation is 1. The molecule has 4 rings (SSSR count). The molecule has 0 aliphatic carbocycles. The number of benzene rings is 2. The fraction of sp³-hybridized carbons (Fsp3) is 0.0625. The van der Waals surface area contributed by atoms with Crippen molar-refractivity contribution in [3.63, 3.8) is 0 Å². The van der Waals surface area contributed by atoms with Gasteiger partial charge in [0, 0.05) is 28.5 Å². The van der Waals surface area contributed by atoms with Crippen LogP contribution in [0.15, 0.2) is 48.5 Å². The minimum atomic E-state index is 0.748. The van der Waals surface area contributed by atoms with E-state index in [9.17, 15) is 0 Å². The van der Waals surface area contributed by atoms with Crippen molar-refractivity contribution in [2.75, 3.05) is 0 Å². The molecular formula is C16H11ClN2. The summed E-state index contributed by atoms with van der Waals surface area (Å²) in [5.41, 5.74) is 3.33. The highest BCUT2D eigenvalue weighted by Gasteiger charge is 2.16. The van der Waals surface area contributed by atoms with Gasteiger partial charge in [0.15, 0.2) is 0 Å². The summed E-state index contributed by atoms with van der Waals surface area (Å²) in [5.74, 6) is 0.996. The Bertz CT molecular complexity index is 892. The van der Waals surface area contributed by atoms with Gasteiger partial charge in [0.25, 0.3) is 0 Å². The third-order valence-electron chi connectivity index (χ3n) is 3.63. The zero-order valence-corrected chi connectivity index (χ0v) is 11.1. The first-order valence-corrected chi connectivity index (χ1v) is 6.55. The maximum absolute atomic E-state index is 6.10. The normalized spacial score (nSPS) is 11.7. The lowest BCUT2D eigenvalue weighted by Gasteiger charge is -2.10. The molecule has 0 fully saturated rings. The first-order chi connectivity index (χ1) is 9.24. The summed E-state index contributed by atoms with van der Waals surface area (Å²) in [6, 6.07) is 16.4. The van der Waals surface area contributed by atoms with Crippen molar-refractivity contribution >= 4 is 33.4 Å². The zero-order valence-electron chi connectivity index (χ0n) is 10.4.